The minimum absolute atomic E-state index is 0.695. The second-order valence-corrected chi connectivity index (χ2v) is 5.58. The second kappa shape index (κ2) is 5.22. The van der Waals surface area contributed by atoms with Crippen molar-refractivity contribution < 1.29 is 0 Å². The lowest BCUT2D eigenvalue weighted by atomic mass is 10.2. The third-order valence-electron chi connectivity index (χ3n) is 2.67. The van der Waals surface area contributed by atoms with Crippen LogP contribution in [0.4, 0.5) is 5.69 Å². The van der Waals surface area contributed by atoms with Gasteiger partial charge in [0.25, 0.3) is 0 Å². The van der Waals surface area contributed by atoms with Crippen molar-refractivity contribution in [3.05, 3.63) is 39.5 Å². The summed E-state index contributed by atoms with van der Waals surface area (Å²) in [4.78, 5) is 0. The Balaban J connectivity index is 1.77. The molecule has 0 aliphatic carbocycles. The van der Waals surface area contributed by atoms with E-state index in [1.165, 1.54) is 17.3 Å². The highest BCUT2D eigenvalue weighted by atomic mass is 35.5. The summed E-state index contributed by atoms with van der Waals surface area (Å²) in [6, 6.07) is 5.89. The van der Waals surface area contributed by atoms with Crippen molar-refractivity contribution in [1.29, 1.82) is 0 Å². The van der Waals surface area contributed by atoms with Gasteiger partial charge in [0.1, 0.15) is 11.0 Å². The van der Waals surface area contributed by atoms with Crippen molar-refractivity contribution in [2.24, 2.45) is 0 Å². The molecule has 0 spiro atoms. The number of nitrogens with zero attached hydrogens (tertiary/aromatic N) is 2. The molecule has 0 radical (unpaired) electrons. The van der Waals surface area contributed by atoms with E-state index in [1.54, 1.807) is 11.3 Å². The van der Waals surface area contributed by atoms with Gasteiger partial charge in [-0.25, -0.2) is 0 Å². The van der Waals surface area contributed by atoms with Crippen molar-refractivity contribution in [2.75, 3.05) is 11.9 Å². The van der Waals surface area contributed by atoms with E-state index in [9.17, 15) is 0 Å². The van der Waals surface area contributed by atoms with Gasteiger partial charge in [-0.3, -0.25) is 0 Å². The van der Waals surface area contributed by atoms with Gasteiger partial charge in [-0.05, 0) is 40.9 Å². The van der Waals surface area contributed by atoms with Crippen LogP contribution in [0.2, 0.25) is 5.02 Å². The fourth-order valence-corrected chi connectivity index (χ4v) is 3.23. The maximum atomic E-state index is 6.20. The molecule has 0 atom stereocenters. The molecule has 6 heteroatoms. The van der Waals surface area contributed by atoms with Crippen molar-refractivity contribution in [2.45, 2.75) is 6.42 Å². The summed E-state index contributed by atoms with van der Waals surface area (Å²) < 4.78 is 8.49. The smallest absolute Gasteiger partial charge is 0.129 e. The number of hydrogen-bond acceptors (Lipinski definition) is 5. The van der Waals surface area contributed by atoms with Crippen LogP contribution in [-0.4, -0.2) is 15.3 Å². The van der Waals surface area contributed by atoms with Crippen molar-refractivity contribution in [3.63, 3.8) is 0 Å². The minimum Gasteiger partial charge on any atom is -0.382 e. The first-order valence-corrected chi connectivity index (χ1v) is 7.55. The number of rotatable bonds is 4. The number of fused-ring (bicyclic) bond motifs is 1. The van der Waals surface area contributed by atoms with Gasteiger partial charge in [0.15, 0.2) is 0 Å². The highest BCUT2D eigenvalue weighted by Gasteiger charge is 2.09. The van der Waals surface area contributed by atoms with Gasteiger partial charge in [-0.2, -0.15) is 20.1 Å². The van der Waals surface area contributed by atoms with Crippen LogP contribution in [0.15, 0.2) is 29.0 Å². The van der Waals surface area contributed by atoms with Crippen LogP contribution in [0, 0.1) is 0 Å². The standard InChI is InChI=1S/C12H10ClN3S2/c13-9-1-2-10-12(16-18-15-10)11(9)14-5-3-8-4-6-17-7-8/h1-2,4,6-7,14H,3,5H2. The van der Waals surface area contributed by atoms with Gasteiger partial charge in [-0.15, -0.1) is 0 Å². The normalized spacial score (nSPS) is 10.9. The molecule has 0 aliphatic heterocycles. The predicted molar refractivity (Wildman–Crippen MR) is 78.9 cm³/mol. The SMILES string of the molecule is Clc1ccc2nsnc2c1NCCc1ccsc1. The Morgan fingerprint density at radius 1 is 1.22 bits per heavy atom. The van der Waals surface area contributed by atoms with Crippen LogP contribution in [-0.2, 0) is 6.42 Å². The Labute approximate surface area is 118 Å². The fraction of sp³-hybridized carbons (Fsp3) is 0.167. The first-order chi connectivity index (χ1) is 8.84. The summed E-state index contributed by atoms with van der Waals surface area (Å²) in [6.45, 7) is 0.840. The van der Waals surface area contributed by atoms with Crippen molar-refractivity contribution in [3.8, 4) is 0 Å². The Morgan fingerprint density at radius 2 is 2.17 bits per heavy atom. The topological polar surface area (TPSA) is 37.8 Å². The van der Waals surface area contributed by atoms with Gasteiger partial charge < -0.3 is 5.32 Å². The molecule has 0 bridgehead atoms. The van der Waals surface area contributed by atoms with Crippen LogP contribution in [0.1, 0.15) is 5.56 Å². The monoisotopic (exact) mass is 295 g/mol. The zero-order chi connectivity index (χ0) is 12.4. The minimum atomic E-state index is 0.695. The van der Waals surface area contributed by atoms with E-state index in [4.69, 9.17) is 11.6 Å². The number of benzene rings is 1. The van der Waals surface area contributed by atoms with Crippen LogP contribution in [0.25, 0.3) is 11.0 Å². The average Bonchev–Trinajstić information content (AvgIpc) is 3.02. The second-order valence-electron chi connectivity index (χ2n) is 3.86. The van der Waals surface area contributed by atoms with E-state index < -0.39 is 0 Å². The van der Waals surface area contributed by atoms with E-state index >= 15 is 0 Å². The summed E-state index contributed by atoms with van der Waals surface area (Å²) in [5, 5.41) is 8.30. The lowest BCUT2D eigenvalue weighted by molar-refractivity contribution is 1.03. The number of hydrogen-bond donors (Lipinski definition) is 1. The molecule has 3 nitrogen and oxygen atoms in total. The number of nitrogens with one attached hydrogen (secondary N) is 1. The van der Waals surface area contributed by atoms with Crippen molar-refractivity contribution in [1.82, 2.24) is 8.75 Å². The molecule has 0 saturated heterocycles. The summed E-state index contributed by atoms with van der Waals surface area (Å²) in [5.41, 5.74) is 3.98. The Morgan fingerprint density at radius 3 is 3.00 bits per heavy atom. The summed E-state index contributed by atoms with van der Waals surface area (Å²) in [6.07, 6.45) is 0.980. The number of halogens is 1. The molecule has 0 fully saturated rings. The van der Waals surface area contributed by atoms with Crippen LogP contribution >= 0.6 is 34.7 Å². The molecule has 0 aliphatic rings. The van der Waals surface area contributed by atoms with Gasteiger partial charge in [0, 0.05) is 6.54 Å². The molecule has 3 rings (SSSR count). The zero-order valence-corrected chi connectivity index (χ0v) is 11.8. The van der Waals surface area contributed by atoms with E-state index in [0.717, 1.165) is 29.7 Å². The van der Waals surface area contributed by atoms with Crippen LogP contribution in [0.5, 0.6) is 0 Å². The number of aromatic nitrogens is 2. The van der Waals surface area contributed by atoms with Gasteiger partial charge in [-0.1, -0.05) is 11.6 Å². The molecule has 0 unspecified atom stereocenters. The molecule has 92 valence electrons. The van der Waals surface area contributed by atoms with E-state index in [0.29, 0.717) is 5.02 Å². The molecule has 18 heavy (non-hydrogen) atoms. The molecular weight excluding hydrogens is 286 g/mol. The van der Waals surface area contributed by atoms with Gasteiger partial charge in [0.05, 0.1) is 22.4 Å². The average molecular weight is 296 g/mol. The maximum absolute atomic E-state index is 6.20. The third-order valence-corrected chi connectivity index (χ3v) is 4.26. The van der Waals surface area contributed by atoms with E-state index in [1.807, 2.05) is 12.1 Å². The van der Waals surface area contributed by atoms with Gasteiger partial charge >= 0.3 is 0 Å². The van der Waals surface area contributed by atoms with Gasteiger partial charge in [0.2, 0.25) is 0 Å². The molecule has 0 saturated carbocycles. The Bertz CT molecular complexity index is 648. The molecule has 0 amide bonds. The van der Waals surface area contributed by atoms with E-state index in [2.05, 4.69) is 30.9 Å². The number of thiophene rings is 1. The lowest BCUT2D eigenvalue weighted by Gasteiger charge is -2.07. The molecule has 2 heterocycles. The molecular formula is C12H10ClN3S2. The Hall–Kier alpha value is -1.17. The Kier molecular flexibility index (Phi) is 3.45. The van der Waals surface area contributed by atoms with Crippen LogP contribution in [0.3, 0.4) is 0 Å². The predicted octanol–water partition coefficient (Wildman–Crippen LogP) is 4.06. The van der Waals surface area contributed by atoms with E-state index in [-0.39, 0.29) is 0 Å². The molecule has 2 aromatic heterocycles. The highest BCUT2D eigenvalue weighted by Crippen LogP contribution is 2.29. The zero-order valence-electron chi connectivity index (χ0n) is 9.39. The maximum Gasteiger partial charge on any atom is 0.129 e. The highest BCUT2D eigenvalue weighted by molar-refractivity contribution is 7.07. The lowest BCUT2D eigenvalue weighted by Crippen LogP contribution is -2.05. The molecule has 1 N–H and O–H groups in total. The summed E-state index contributed by atoms with van der Waals surface area (Å²) in [7, 11) is 0. The first kappa shape index (κ1) is 11.9. The molecule has 3 aromatic rings. The first-order valence-electron chi connectivity index (χ1n) is 5.50. The van der Waals surface area contributed by atoms with Crippen LogP contribution < -0.4 is 5.32 Å². The fourth-order valence-electron chi connectivity index (χ4n) is 1.76. The number of anilines is 1. The summed E-state index contributed by atoms with van der Waals surface area (Å²) >= 11 is 9.13. The largest absolute Gasteiger partial charge is 0.382 e. The quantitative estimate of drug-likeness (QED) is 0.789. The van der Waals surface area contributed by atoms with Crippen molar-refractivity contribution >= 4 is 51.4 Å². The summed E-state index contributed by atoms with van der Waals surface area (Å²) in [5.74, 6) is 0. The third kappa shape index (κ3) is 2.34. The molecule has 1 aromatic carbocycles.